The molecule has 0 aromatic heterocycles. The fraction of sp³-hybridized carbons (Fsp3) is 0.600. The smallest absolute Gasteiger partial charge is 0.0494 e. The van der Waals surface area contributed by atoms with E-state index in [9.17, 15) is 5.11 Å². The molecule has 2 nitrogen and oxygen atoms in total. The number of rotatable bonds is 7. The lowest BCUT2D eigenvalue weighted by Crippen LogP contribution is -2.34. The predicted molar refractivity (Wildman–Crippen MR) is 73.0 cm³/mol. The molecule has 0 amide bonds. The Labute approximate surface area is 105 Å². The second-order valence-corrected chi connectivity index (χ2v) is 5.46. The molecule has 0 aliphatic carbocycles. The molecule has 0 bridgehead atoms. The molecule has 2 N–H and O–H groups in total. The molecular weight excluding hydrogens is 210 g/mol. The molecule has 0 saturated carbocycles. The summed E-state index contributed by atoms with van der Waals surface area (Å²) in [5.74, 6) is 0. The van der Waals surface area contributed by atoms with Gasteiger partial charge in [0, 0.05) is 24.6 Å². The second-order valence-electron chi connectivity index (χ2n) is 5.46. The molecule has 0 spiro atoms. The van der Waals surface area contributed by atoms with Gasteiger partial charge >= 0.3 is 0 Å². The molecule has 0 fully saturated rings. The quantitative estimate of drug-likeness (QED) is 0.761. The van der Waals surface area contributed by atoms with Crippen molar-refractivity contribution in [2.45, 2.75) is 39.7 Å². The molecule has 2 heteroatoms. The van der Waals surface area contributed by atoms with Crippen molar-refractivity contribution in [3.05, 3.63) is 35.9 Å². The SMILES string of the molecule is CCCC(NCC(C)(C)CO)c1ccccc1. The van der Waals surface area contributed by atoms with Crippen LogP contribution in [0.5, 0.6) is 0 Å². The summed E-state index contributed by atoms with van der Waals surface area (Å²) in [6.07, 6.45) is 2.29. The van der Waals surface area contributed by atoms with Crippen LogP contribution >= 0.6 is 0 Å². The minimum absolute atomic E-state index is 0.0548. The summed E-state index contributed by atoms with van der Waals surface area (Å²) in [5.41, 5.74) is 1.28. The topological polar surface area (TPSA) is 32.3 Å². The molecule has 0 aliphatic heterocycles. The Kier molecular flexibility index (Phi) is 5.66. The molecule has 0 radical (unpaired) electrons. The van der Waals surface area contributed by atoms with Gasteiger partial charge in [-0.3, -0.25) is 0 Å². The van der Waals surface area contributed by atoms with Crippen LogP contribution in [-0.2, 0) is 0 Å². The van der Waals surface area contributed by atoms with Gasteiger partial charge in [-0.05, 0) is 12.0 Å². The van der Waals surface area contributed by atoms with E-state index < -0.39 is 0 Å². The molecule has 1 aromatic carbocycles. The highest BCUT2D eigenvalue weighted by Crippen LogP contribution is 2.20. The van der Waals surface area contributed by atoms with Crippen molar-refractivity contribution in [1.82, 2.24) is 5.32 Å². The number of nitrogens with one attached hydrogen (secondary N) is 1. The molecule has 0 aliphatic rings. The highest BCUT2D eigenvalue weighted by molar-refractivity contribution is 5.18. The van der Waals surface area contributed by atoms with E-state index in [0.717, 1.165) is 19.4 Å². The lowest BCUT2D eigenvalue weighted by molar-refractivity contribution is 0.152. The Balaban J connectivity index is 2.61. The van der Waals surface area contributed by atoms with Gasteiger partial charge in [-0.1, -0.05) is 57.5 Å². The molecular formula is C15H25NO. The predicted octanol–water partition coefficient (Wildman–Crippen LogP) is 3.14. The third-order valence-corrected chi connectivity index (χ3v) is 3.03. The maximum Gasteiger partial charge on any atom is 0.0494 e. The second kappa shape index (κ2) is 6.77. The van der Waals surface area contributed by atoms with Crippen LogP contribution in [-0.4, -0.2) is 18.3 Å². The van der Waals surface area contributed by atoms with Gasteiger partial charge in [-0.2, -0.15) is 0 Å². The number of benzene rings is 1. The summed E-state index contributed by atoms with van der Waals surface area (Å²) in [6.45, 7) is 7.41. The average molecular weight is 235 g/mol. The molecule has 1 aromatic rings. The van der Waals surface area contributed by atoms with Gasteiger partial charge in [0.1, 0.15) is 0 Å². The molecule has 0 saturated heterocycles. The number of hydrogen-bond acceptors (Lipinski definition) is 2. The Bertz CT molecular complexity index is 308. The molecule has 1 atom stereocenters. The first kappa shape index (κ1) is 14.2. The van der Waals surface area contributed by atoms with Crippen LogP contribution in [0.15, 0.2) is 30.3 Å². The minimum Gasteiger partial charge on any atom is -0.396 e. The Morgan fingerprint density at radius 2 is 1.88 bits per heavy atom. The van der Waals surface area contributed by atoms with E-state index in [1.807, 2.05) is 6.07 Å². The van der Waals surface area contributed by atoms with E-state index in [2.05, 4.69) is 50.4 Å². The Hall–Kier alpha value is -0.860. The van der Waals surface area contributed by atoms with E-state index in [0.29, 0.717) is 6.04 Å². The highest BCUT2D eigenvalue weighted by Gasteiger charge is 2.18. The first-order valence-electron chi connectivity index (χ1n) is 6.48. The van der Waals surface area contributed by atoms with E-state index in [4.69, 9.17) is 0 Å². The molecule has 96 valence electrons. The van der Waals surface area contributed by atoms with Gasteiger partial charge in [-0.15, -0.1) is 0 Å². The van der Waals surface area contributed by atoms with Crippen molar-refractivity contribution in [2.24, 2.45) is 5.41 Å². The maximum atomic E-state index is 9.27. The van der Waals surface area contributed by atoms with Crippen LogP contribution in [0.1, 0.15) is 45.2 Å². The minimum atomic E-state index is -0.0548. The fourth-order valence-corrected chi connectivity index (χ4v) is 1.82. The zero-order chi connectivity index (χ0) is 12.7. The third kappa shape index (κ3) is 4.88. The van der Waals surface area contributed by atoms with Gasteiger partial charge in [0.25, 0.3) is 0 Å². The summed E-state index contributed by atoms with van der Waals surface area (Å²) in [6, 6.07) is 10.9. The molecule has 1 unspecified atom stereocenters. The van der Waals surface area contributed by atoms with Crippen LogP contribution in [0.25, 0.3) is 0 Å². The lowest BCUT2D eigenvalue weighted by Gasteiger charge is -2.26. The average Bonchev–Trinajstić information content (AvgIpc) is 2.35. The highest BCUT2D eigenvalue weighted by atomic mass is 16.3. The summed E-state index contributed by atoms with van der Waals surface area (Å²) < 4.78 is 0. The van der Waals surface area contributed by atoms with Crippen LogP contribution in [0.2, 0.25) is 0 Å². The zero-order valence-corrected chi connectivity index (χ0v) is 11.2. The summed E-state index contributed by atoms with van der Waals surface area (Å²) in [7, 11) is 0. The van der Waals surface area contributed by atoms with Crippen molar-refractivity contribution in [2.75, 3.05) is 13.2 Å². The number of aliphatic hydroxyl groups excluding tert-OH is 1. The monoisotopic (exact) mass is 235 g/mol. The van der Waals surface area contributed by atoms with E-state index in [1.54, 1.807) is 0 Å². The van der Waals surface area contributed by atoms with E-state index in [-0.39, 0.29) is 12.0 Å². The Morgan fingerprint density at radius 1 is 1.24 bits per heavy atom. The molecule has 17 heavy (non-hydrogen) atoms. The van der Waals surface area contributed by atoms with Crippen molar-refractivity contribution in [3.63, 3.8) is 0 Å². The summed E-state index contributed by atoms with van der Waals surface area (Å²) >= 11 is 0. The molecule has 0 heterocycles. The van der Waals surface area contributed by atoms with Crippen molar-refractivity contribution >= 4 is 0 Å². The van der Waals surface area contributed by atoms with E-state index in [1.165, 1.54) is 5.56 Å². The largest absolute Gasteiger partial charge is 0.396 e. The number of hydrogen-bond donors (Lipinski definition) is 2. The standard InChI is InChI=1S/C15H25NO/c1-4-8-14(13-9-6-5-7-10-13)16-11-15(2,3)12-17/h5-7,9-10,14,16-17H,4,8,11-12H2,1-3H3. The van der Waals surface area contributed by atoms with Gasteiger partial charge in [0.2, 0.25) is 0 Å². The Morgan fingerprint density at radius 3 is 2.41 bits per heavy atom. The molecule has 1 rings (SSSR count). The van der Waals surface area contributed by atoms with E-state index >= 15 is 0 Å². The van der Waals surface area contributed by atoms with Crippen LogP contribution in [0.4, 0.5) is 0 Å². The maximum absolute atomic E-state index is 9.27. The fourth-order valence-electron chi connectivity index (χ4n) is 1.82. The normalized spacial score (nSPS) is 13.6. The first-order valence-corrected chi connectivity index (χ1v) is 6.48. The van der Waals surface area contributed by atoms with Gasteiger partial charge in [0.05, 0.1) is 0 Å². The number of aliphatic hydroxyl groups is 1. The first-order chi connectivity index (χ1) is 8.09. The summed E-state index contributed by atoms with van der Waals surface area (Å²) in [5, 5.41) is 12.8. The van der Waals surface area contributed by atoms with Crippen LogP contribution in [0.3, 0.4) is 0 Å². The zero-order valence-electron chi connectivity index (χ0n) is 11.2. The van der Waals surface area contributed by atoms with Gasteiger partial charge in [-0.25, -0.2) is 0 Å². The lowest BCUT2D eigenvalue weighted by atomic mass is 9.93. The van der Waals surface area contributed by atoms with Crippen molar-refractivity contribution in [1.29, 1.82) is 0 Å². The summed E-state index contributed by atoms with van der Waals surface area (Å²) in [4.78, 5) is 0. The van der Waals surface area contributed by atoms with Crippen molar-refractivity contribution in [3.8, 4) is 0 Å². The van der Waals surface area contributed by atoms with Gasteiger partial charge < -0.3 is 10.4 Å². The third-order valence-electron chi connectivity index (χ3n) is 3.03. The van der Waals surface area contributed by atoms with Crippen LogP contribution < -0.4 is 5.32 Å². The van der Waals surface area contributed by atoms with Gasteiger partial charge in [0.15, 0.2) is 0 Å². The van der Waals surface area contributed by atoms with Crippen molar-refractivity contribution < 1.29 is 5.11 Å². The van der Waals surface area contributed by atoms with Crippen LogP contribution in [0, 0.1) is 5.41 Å².